The third kappa shape index (κ3) is 2.94. The van der Waals surface area contributed by atoms with Crippen LogP contribution < -0.4 is 0 Å². The molecule has 0 bridgehead atoms. The first kappa shape index (κ1) is 16.0. The molecule has 0 spiro atoms. The van der Waals surface area contributed by atoms with Crippen LogP contribution in [0.25, 0.3) is 0 Å². The Hall–Kier alpha value is -0.910. The van der Waals surface area contributed by atoms with Gasteiger partial charge in [0.05, 0.1) is 10.9 Å². The van der Waals surface area contributed by atoms with Crippen molar-refractivity contribution < 1.29 is 13.2 Å². The van der Waals surface area contributed by atoms with Crippen molar-refractivity contribution in [3.05, 3.63) is 29.3 Å². The van der Waals surface area contributed by atoms with Crippen molar-refractivity contribution in [3.8, 4) is 0 Å². The molecule has 2 fully saturated rings. The Morgan fingerprint density at radius 2 is 1.77 bits per heavy atom. The summed E-state index contributed by atoms with van der Waals surface area (Å²) in [6, 6.07) is 5.63. The fraction of sp³-hybridized carbons (Fsp3) is 0.562. The van der Waals surface area contributed by atoms with Gasteiger partial charge in [-0.15, -0.1) is 0 Å². The second-order valence-electron chi connectivity index (χ2n) is 6.25. The predicted molar refractivity (Wildman–Crippen MR) is 85.3 cm³/mol. The summed E-state index contributed by atoms with van der Waals surface area (Å²) in [5.74, 6) is 0.340. The molecular weight excluding hydrogens is 322 g/mol. The highest BCUT2D eigenvalue weighted by Crippen LogP contribution is 2.43. The average Bonchev–Trinajstić information content (AvgIpc) is 3.31. The number of ketones is 1. The van der Waals surface area contributed by atoms with Gasteiger partial charge in [0.25, 0.3) is 0 Å². The topological polar surface area (TPSA) is 54.5 Å². The van der Waals surface area contributed by atoms with Gasteiger partial charge in [-0.2, -0.15) is 4.31 Å². The number of nitrogens with zero attached hydrogens (tertiary/aromatic N) is 1. The minimum absolute atomic E-state index is 0.0386. The molecule has 1 saturated carbocycles. The zero-order valence-corrected chi connectivity index (χ0v) is 14.1. The molecule has 4 nitrogen and oxygen atoms in total. The average molecular weight is 342 g/mol. The lowest BCUT2D eigenvalue weighted by molar-refractivity contribution is -0.122. The normalized spacial score (nSPS) is 26.8. The molecule has 22 heavy (non-hydrogen) atoms. The molecule has 6 heteroatoms. The van der Waals surface area contributed by atoms with E-state index in [1.54, 1.807) is 12.1 Å². The second-order valence-corrected chi connectivity index (χ2v) is 8.53. The van der Waals surface area contributed by atoms with Crippen LogP contribution in [0, 0.1) is 5.92 Å². The molecule has 0 aromatic heterocycles. The summed E-state index contributed by atoms with van der Waals surface area (Å²) in [5.41, 5.74) is 0. The lowest BCUT2D eigenvalue weighted by atomic mass is 9.94. The molecule has 1 saturated heterocycles. The number of sulfonamides is 1. The van der Waals surface area contributed by atoms with E-state index >= 15 is 0 Å². The SMILES string of the molecule is CC(=O)[C@@H]1CCC[C@H](C2CC2)N1S(=O)(=O)c1ccc(Cl)cc1. The number of hydrogen-bond donors (Lipinski definition) is 0. The third-order valence-corrected chi connectivity index (χ3v) is 6.84. The number of halogens is 1. The predicted octanol–water partition coefficient (Wildman–Crippen LogP) is 3.25. The van der Waals surface area contributed by atoms with Gasteiger partial charge >= 0.3 is 0 Å². The smallest absolute Gasteiger partial charge is 0.243 e. The Morgan fingerprint density at radius 1 is 1.14 bits per heavy atom. The fourth-order valence-electron chi connectivity index (χ4n) is 3.39. The van der Waals surface area contributed by atoms with Crippen molar-refractivity contribution in [1.29, 1.82) is 0 Å². The molecular formula is C16H20ClNO3S. The van der Waals surface area contributed by atoms with Crippen LogP contribution in [-0.4, -0.2) is 30.6 Å². The number of benzene rings is 1. The minimum atomic E-state index is -3.67. The van der Waals surface area contributed by atoms with Gasteiger partial charge in [0.15, 0.2) is 0 Å². The van der Waals surface area contributed by atoms with Gasteiger partial charge in [0.1, 0.15) is 5.78 Å². The van der Waals surface area contributed by atoms with Gasteiger partial charge in [-0.3, -0.25) is 4.79 Å². The molecule has 1 heterocycles. The molecule has 3 rings (SSSR count). The van der Waals surface area contributed by atoms with Gasteiger partial charge < -0.3 is 0 Å². The van der Waals surface area contributed by atoms with E-state index in [0.717, 1.165) is 25.7 Å². The Bertz CT molecular complexity index is 667. The Morgan fingerprint density at radius 3 is 2.32 bits per heavy atom. The minimum Gasteiger partial charge on any atom is -0.298 e. The van der Waals surface area contributed by atoms with Crippen molar-refractivity contribution >= 4 is 27.4 Å². The first-order valence-electron chi connectivity index (χ1n) is 7.71. The summed E-state index contributed by atoms with van der Waals surface area (Å²) in [6.45, 7) is 1.49. The molecule has 2 atom stereocenters. The van der Waals surface area contributed by atoms with Gasteiger partial charge in [0, 0.05) is 11.1 Å². The molecule has 1 aromatic carbocycles. The fourth-order valence-corrected chi connectivity index (χ4v) is 5.46. The van der Waals surface area contributed by atoms with Crippen LogP contribution >= 0.6 is 11.6 Å². The van der Waals surface area contributed by atoms with Crippen molar-refractivity contribution in [1.82, 2.24) is 4.31 Å². The highest BCUT2D eigenvalue weighted by atomic mass is 35.5. The van der Waals surface area contributed by atoms with E-state index in [4.69, 9.17) is 11.6 Å². The molecule has 1 aliphatic carbocycles. The van der Waals surface area contributed by atoms with Gasteiger partial charge in [0.2, 0.25) is 10.0 Å². The van der Waals surface area contributed by atoms with Crippen molar-refractivity contribution in [2.75, 3.05) is 0 Å². The van der Waals surface area contributed by atoms with E-state index in [0.29, 0.717) is 17.4 Å². The number of piperidine rings is 1. The lowest BCUT2D eigenvalue weighted by Crippen LogP contribution is -2.53. The highest BCUT2D eigenvalue weighted by Gasteiger charge is 2.47. The van der Waals surface area contributed by atoms with Crippen LogP contribution in [0.2, 0.25) is 5.02 Å². The standard InChI is InChI=1S/C16H20ClNO3S/c1-11(19)15-3-2-4-16(12-5-6-12)18(15)22(20,21)14-9-7-13(17)8-10-14/h7-10,12,15-16H,2-6H2,1H3/t15-,16+/m0/s1. The van der Waals surface area contributed by atoms with Crippen LogP contribution in [0.15, 0.2) is 29.2 Å². The zero-order chi connectivity index (χ0) is 15.9. The van der Waals surface area contributed by atoms with Crippen molar-refractivity contribution in [2.45, 2.75) is 56.0 Å². The third-order valence-electron chi connectivity index (χ3n) is 4.64. The Kier molecular flexibility index (Phi) is 4.32. The van der Waals surface area contributed by atoms with E-state index < -0.39 is 16.1 Å². The van der Waals surface area contributed by atoms with Crippen molar-refractivity contribution in [2.24, 2.45) is 5.92 Å². The van der Waals surface area contributed by atoms with E-state index in [-0.39, 0.29) is 16.7 Å². The second kappa shape index (κ2) is 5.95. The molecule has 2 aliphatic rings. The maximum atomic E-state index is 13.1. The maximum Gasteiger partial charge on any atom is 0.243 e. The lowest BCUT2D eigenvalue weighted by Gasteiger charge is -2.40. The summed E-state index contributed by atoms with van der Waals surface area (Å²) in [6.07, 6.45) is 4.49. The molecule has 0 unspecified atom stereocenters. The zero-order valence-electron chi connectivity index (χ0n) is 12.5. The molecule has 120 valence electrons. The quantitative estimate of drug-likeness (QED) is 0.844. The van der Waals surface area contributed by atoms with Crippen molar-refractivity contribution in [3.63, 3.8) is 0 Å². The summed E-state index contributed by atoms with van der Waals surface area (Å²) in [7, 11) is -3.67. The molecule has 0 radical (unpaired) electrons. The molecule has 0 amide bonds. The van der Waals surface area contributed by atoms with E-state index in [1.807, 2.05) is 0 Å². The maximum absolute atomic E-state index is 13.1. The molecule has 1 aliphatic heterocycles. The van der Waals surface area contributed by atoms with Crippen LogP contribution in [0.1, 0.15) is 39.0 Å². The van der Waals surface area contributed by atoms with Crippen LogP contribution in [0.4, 0.5) is 0 Å². The summed E-state index contributed by atoms with van der Waals surface area (Å²) < 4.78 is 27.7. The van der Waals surface area contributed by atoms with Gasteiger partial charge in [-0.25, -0.2) is 8.42 Å². The van der Waals surface area contributed by atoms with E-state index in [9.17, 15) is 13.2 Å². The molecule has 0 N–H and O–H groups in total. The number of hydrogen-bond acceptors (Lipinski definition) is 3. The summed E-state index contributed by atoms with van der Waals surface area (Å²) >= 11 is 5.85. The number of rotatable bonds is 4. The molecule has 1 aromatic rings. The van der Waals surface area contributed by atoms with Gasteiger partial charge in [-0.1, -0.05) is 11.6 Å². The first-order chi connectivity index (χ1) is 10.4. The van der Waals surface area contributed by atoms with Gasteiger partial charge in [-0.05, 0) is 69.2 Å². The van der Waals surface area contributed by atoms with E-state index in [2.05, 4.69) is 0 Å². The largest absolute Gasteiger partial charge is 0.298 e. The Labute approximate surface area is 136 Å². The monoisotopic (exact) mass is 341 g/mol. The summed E-state index contributed by atoms with van der Waals surface area (Å²) in [4.78, 5) is 12.2. The van der Waals surface area contributed by atoms with Crippen LogP contribution in [0.5, 0.6) is 0 Å². The summed E-state index contributed by atoms with van der Waals surface area (Å²) in [5, 5.41) is 0.499. The first-order valence-corrected chi connectivity index (χ1v) is 9.52. The number of Topliss-reactive ketones (excluding diaryl/α,β-unsaturated/α-hetero) is 1. The number of carbonyl (C=O) groups is 1. The van der Waals surface area contributed by atoms with E-state index in [1.165, 1.54) is 23.4 Å². The highest BCUT2D eigenvalue weighted by molar-refractivity contribution is 7.89. The van der Waals surface area contributed by atoms with Crippen LogP contribution in [-0.2, 0) is 14.8 Å². The van der Waals surface area contributed by atoms with Crippen LogP contribution in [0.3, 0.4) is 0 Å². The number of carbonyl (C=O) groups excluding carboxylic acids is 1. The Balaban J connectivity index is 2.02.